The molecule has 1 saturated carbocycles. The van der Waals surface area contributed by atoms with Crippen molar-refractivity contribution in [3.05, 3.63) is 40.2 Å². The number of amides is 1. The molecule has 5 rings (SSSR count). The number of nitrogens with one attached hydrogen (secondary N) is 3. The number of piperidine rings is 1. The summed E-state index contributed by atoms with van der Waals surface area (Å²) in [5.41, 5.74) is 5.30. The quantitative estimate of drug-likeness (QED) is 0.178. The Morgan fingerprint density at radius 2 is 1.72 bits per heavy atom. The lowest BCUT2D eigenvalue weighted by molar-refractivity contribution is 0.0997. The van der Waals surface area contributed by atoms with Crippen LogP contribution in [-0.2, 0) is 10.0 Å². The smallest absolute Gasteiger partial charge is 0.253 e. The average Bonchev–Trinajstić information content (AvgIpc) is 3.02. The number of primary amides is 1. The molecule has 2 aliphatic heterocycles. The topological polar surface area (TPSA) is 149 Å². The van der Waals surface area contributed by atoms with E-state index in [4.69, 9.17) is 5.73 Å². The highest BCUT2D eigenvalue weighted by molar-refractivity contribution is 9.10. The van der Waals surface area contributed by atoms with Crippen LogP contribution in [0, 0.1) is 11.7 Å². The minimum Gasteiger partial charge on any atom is -0.365 e. The number of piperazine rings is 1. The number of carbonyl (C=O) groups excluding carboxylic acids is 1. The van der Waals surface area contributed by atoms with Gasteiger partial charge in [-0.25, -0.2) is 22.1 Å². The van der Waals surface area contributed by atoms with Gasteiger partial charge in [-0.2, -0.15) is 4.98 Å². The van der Waals surface area contributed by atoms with Gasteiger partial charge in [0.15, 0.2) is 0 Å². The maximum Gasteiger partial charge on any atom is 0.253 e. The Balaban J connectivity index is 0.958. The van der Waals surface area contributed by atoms with E-state index < -0.39 is 21.7 Å². The van der Waals surface area contributed by atoms with Crippen LogP contribution in [-0.4, -0.2) is 116 Å². The zero-order chi connectivity index (χ0) is 33.2. The van der Waals surface area contributed by atoms with Gasteiger partial charge in [-0.05, 0) is 85.7 Å². The summed E-state index contributed by atoms with van der Waals surface area (Å²) in [4.78, 5) is 25.8. The maximum atomic E-state index is 14.2. The molecule has 3 aliphatic rings. The Morgan fingerprint density at radius 3 is 2.40 bits per heavy atom. The minimum atomic E-state index is -3.35. The molecule has 3 heterocycles. The second kappa shape index (κ2) is 17.3. The fourth-order valence-electron chi connectivity index (χ4n) is 6.42. The fraction of sp³-hybridized carbons (Fsp3) is 0.656. The number of rotatable bonds is 17. The second-order valence-corrected chi connectivity index (χ2v) is 15.8. The van der Waals surface area contributed by atoms with E-state index >= 15 is 0 Å². The van der Waals surface area contributed by atoms with Crippen molar-refractivity contribution >= 4 is 49.3 Å². The summed E-state index contributed by atoms with van der Waals surface area (Å²) in [5, 5.41) is 9.56. The van der Waals surface area contributed by atoms with Gasteiger partial charge in [-0.15, -0.1) is 0 Å². The van der Waals surface area contributed by atoms with Gasteiger partial charge >= 0.3 is 0 Å². The molecule has 3 fully saturated rings. The summed E-state index contributed by atoms with van der Waals surface area (Å²) >= 11 is 3.38. The Morgan fingerprint density at radius 1 is 1.00 bits per heavy atom. The zero-order valence-electron chi connectivity index (χ0n) is 27.1. The van der Waals surface area contributed by atoms with Crippen LogP contribution in [0.5, 0.6) is 0 Å². The lowest BCUT2D eigenvalue weighted by Gasteiger charge is -2.36. The number of nitrogens with zero attached hydrogens (tertiary/aromatic N) is 5. The van der Waals surface area contributed by atoms with Gasteiger partial charge in [0.05, 0.1) is 21.5 Å². The summed E-state index contributed by atoms with van der Waals surface area (Å²) in [6.07, 6.45) is 10.6. The third-order valence-corrected chi connectivity index (χ3v) is 12.0. The zero-order valence-corrected chi connectivity index (χ0v) is 29.5. The Hall–Kier alpha value is -2.43. The predicted molar refractivity (Wildman–Crippen MR) is 187 cm³/mol. The van der Waals surface area contributed by atoms with Gasteiger partial charge in [-0.1, -0.05) is 25.3 Å². The monoisotopic (exact) mass is 737 g/mol. The van der Waals surface area contributed by atoms with Crippen molar-refractivity contribution in [2.45, 2.75) is 57.4 Å². The van der Waals surface area contributed by atoms with Crippen LogP contribution in [0.2, 0.25) is 0 Å². The Labute approximate surface area is 286 Å². The summed E-state index contributed by atoms with van der Waals surface area (Å²) in [5.74, 6) is 0.117. The average molecular weight is 739 g/mol. The van der Waals surface area contributed by atoms with E-state index in [1.54, 1.807) is 10.5 Å². The molecule has 0 spiro atoms. The standard InChI is InChI=1S/C32H49BrFN9O3S/c33-26-23-37-32(40-31(26)39-28-8-4-7-27(34)29(28)30(35)44)38-25-10-16-43(17-11-25)47(45,46)22-13-36-12-1-2-14-41-18-20-42(21-19-41)15-9-24-5-3-6-24/h4,7-8,23-25,36H,1-3,5-6,9-22H2,(H2,35,44)(H2,37,38,39,40). The molecule has 0 unspecified atom stereocenters. The first-order chi connectivity index (χ1) is 22.7. The number of anilines is 3. The van der Waals surface area contributed by atoms with Gasteiger partial charge in [-0.3, -0.25) is 4.79 Å². The largest absolute Gasteiger partial charge is 0.365 e. The number of nitrogens with two attached hydrogens (primary N) is 1. The lowest BCUT2D eigenvalue weighted by atomic mass is 9.83. The van der Waals surface area contributed by atoms with Gasteiger partial charge in [0, 0.05) is 58.1 Å². The van der Waals surface area contributed by atoms with Gasteiger partial charge in [0.25, 0.3) is 5.91 Å². The number of hydrogen-bond donors (Lipinski definition) is 4. The van der Waals surface area contributed by atoms with Crippen LogP contribution in [0.25, 0.3) is 0 Å². The van der Waals surface area contributed by atoms with Gasteiger partial charge in [0.1, 0.15) is 11.6 Å². The lowest BCUT2D eigenvalue weighted by Crippen LogP contribution is -2.47. The number of halogens is 2. The molecule has 1 aromatic carbocycles. The maximum absolute atomic E-state index is 14.2. The number of carbonyl (C=O) groups is 1. The first-order valence-electron chi connectivity index (χ1n) is 17.0. The Kier molecular flexibility index (Phi) is 13.2. The third kappa shape index (κ3) is 10.5. The molecule has 5 N–H and O–H groups in total. The molecular weight excluding hydrogens is 689 g/mol. The summed E-state index contributed by atoms with van der Waals surface area (Å²) in [6, 6.07) is 4.16. The van der Waals surface area contributed by atoms with Gasteiger partial charge in [0.2, 0.25) is 16.0 Å². The van der Waals surface area contributed by atoms with Crippen molar-refractivity contribution in [1.29, 1.82) is 0 Å². The number of unbranched alkanes of at least 4 members (excludes halogenated alkanes) is 1. The minimum absolute atomic E-state index is 0.0146. The van der Waals surface area contributed by atoms with E-state index in [1.165, 1.54) is 57.5 Å². The van der Waals surface area contributed by atoms with Crippen molar-refractivity contribution in [2.75, 3.05) is 81.8 Å². The number of sulfonamides is 1. The van der Waals surface area contributed by atoms with Crippen molar-refractivity contribution < 1.29 is 17.6 Å². The molecule has 1 amide bonds. The summed E-state index contributed by atoms with van der Waals surface area (Å²) < 4.78 is 42.3. The van der Waals surface area contributed by atoms with Crippen molar-refractivity contribution in [3.63, 3.8) is 0 Å². The van der Waals surface area contributed by atoms with Crippen LogP contribution >= 0.6 is 15.9 Å². The molecule has 47 heavy (non-hydrogen) atoms. The Bertz CT molecular complexity index is 1430. The normalized spacial score (nSPS) is 19.0. The molecule has 12 nitrogen and oxygen atoms in total. The third-order valence-electron chi connectivity index (χ3n) is 9.60. The molecule has 15 heteroatoms. The molecule has 2 saturated heterocycles. The van der Waals surface area contributed by atoms with Crippen LogP contribution < -0.4 is 21.7 Å². The van der Waals surface area contributed by atoms with E-state index in [0.717, 1.165) is 51.0 Å². The molecule has 0 atom stereocenters. The molecular formula is C32H49BrFN9O3S. The molecule has 0 bridgehead atoms. The van der Waals surface area contributed by atoms with Crippen molar-refractivity contribution in [2.24, 2.45) is 11.7 Å². The highest BCUT2D eigenvalue weighted by Gasteiger charge is 2.28. The van der Waals surface area contributed by atoms with Gasteiger partial charge < -0.3 is 31.5 Å². The number of hydrogen-bond acceptors (Lipinski definition) is 10. The van der Waals surface area contributed by atoms with E-state index in [2.05, 4.69) is 51.6 Å². The first kappa shape index (κ1) is 35.9. The van der Waals surface area contributed by atoms with Crippen LogP contribution in [0.15, 0.2) is 28.9 Å². The van der Waals surface area contributed by atoms with Crippen molar-refractivity contribution in [1.82, 2.24) is 29.4 Å². The molecule has 0 radical (unpaired) electrons. The van der Waals surface area contributed by atoms with Crippen LogP contribution in [0.4, 0.5) is 21.8 Å². The predicted octanol–water partition coefficient (Wildman–Crippen LogP) is 3.60. The van der Waals surface area contributed by atoms with E-state index in [1.807, 2.05) is 0 Å². The number of aromatic nitrogens is 2. The van der Waals surface area contributed by atoms with E-state index in [9.17, 15) is 17.6 Å². The summed E-state index contributed by atoms with van der Waals surface area (Å²) in [7, 11) is -3.35. The highest BCUT2D eigenvalue weighted by Crippen LogP contribution is 2.30. The molecule has 1 aromatic heterocycles. The molecule has 260 valence electrons. The van der Waals surface area contributed by atoms with Crippen LogP contribution in [0.1, 0.15) is 61.7 Å². The molecule has 1 aliphatic carbocycles. The number of benzene rings is 1. The first-order valence-corrected chi connectivity index (χ1v) is 19.4. The SMILES string of the molecule is NC(=O)c1c(F)cccc1Nc1nc(NC2CCN(S(=O)(=O)CCNCCCCN3CCN(CCC4CCC4)CC3)CC2)ncc1Br. The molecule has 2 aromatic rings. The fourth-order valence-corrected chi connectivity index (χ4v) is 8.13. The summed E-state index contributed by atoms with van der Waals surface area (Å²) in [6.45, 7) is 9.19. The second-order valence-electron chi connectivity index (χ2n) is 12.9. The van der Waals surface area contributed by atoms with E-state index in [0.29, 0.717) is 48.7 Å². The van der Waals surface area contributed by atoms with Crippen molar-refractivity contribution in [3.8, 4) is 0 Å². The highest BCUT2D eigenvalue weighted by atomic mass is 79.9. The van der Waals surface area contributed by atoms with E-state index in [-0.39, 0.29) is 23.0 Å². The van der Waals surface area contributed by atoms with Crippen LogP contribution in [0.3, 0.4) is 0 Å².